The highest BCUT2D eigenvalue weighted by atomic mass is 32.2. The first-order valence-corrected chi connectivity index (χ1v) is 8.00. The van der Waals surface area contributed by atoms with Gasteiger partial charge in [-0.2, -0.15) is 11.8 Å². The molecule has 0 amide bonds. The molecule has 1 heterocycles. The first-order chi connectivity index (χ1) is 7.90. The monoisotopic (exact) mass is 243 g/mol. The standard InChI is InChI=1S/C13H25NOS/c15-9-11-5-2-1-3-7-13(11)14-12-6-4-8-16-10-12/h11-15H,1-10H2/t11-,12-,13-/m0/s1. The number of aliphatic hydroxyl groups excluding tert-OH is 1. The van der Waals surface area contributed by atoms with Crippen molar-refractivity contribution in [3.63, 3.8) is 0 Å². The Labute approximate surface area is 104 Å². The maximum Gasteiger partial charge on any atom is 0.0474 e. The van der Waals surface area contributed by atoms with E-state index in [1.165, 1.54) is 56.5 Å². The van der Waals surface area contributed by atoms with Crippen molar-refractivity contribution < 1.29 is 5.11 Å². The van der Waals surface area contributed by atoms with Crippen LogP contribution >= 0.6 is 11.8 Å². The number of thioether (sulfide) groups is 1. The van der Waals surface area contributed by atoms with Crippen LogP contribution in [0.4, 0.5) is 0 Å². The summed E-state index contributed by atoms with van der Waals surface area (Å²) < 4.78 is 0. The zero-order chi connectivity index (χ0) is 11.2. The highest BCUT2D eigenvalue weighted by Gasteiger charge is 2.25. The summed E-state index contributed by atoms with van der Waals surface area (Å²) in [6.07, 6.45) is 9.19. The molecule has 2 N–H and O–H groups in total. The summed E-state index contributed by atoms with van der Waals surface area (Å²) in [5.41, 5.74) is 0. The third-order valence-corrected chi connectivity index (χ3v) is 5.22. The summed E-state index contributed by atoms with van der Waals surface area (Å²) in [5.74, 6) is 3.12. The van der Waals surface area contributed by atoms with Crippen LogP contribution in [0.1, 0.15) is 44.9 Å². The van der Waals surface area contributed by atoms with Crippen LogP contribution in [0.25, 0.3) is 0 Å². The highest BCUT2D eigenvalue weighted by Crippen LogP contribution is 2.25. The van der Waals surface area contributed by atoms with Crippen molar-refractivity contribution in [1.29, 1.82) is 0 Å². The van der Waals surface area contributed by atoms with Crippen molar-refractivity contribution in [3.05, 3.63) is 0 Å². The average Bonchev–Trinajstić information content (AvgIpc) is 2.55. The largest absolute Gasteiger partial charge is 0.396 e. The van der Waals surface area contributed by atoms with E-state index in [4.69, 9.17) is 0 Å². The Bertz CT molecular complexity index is 194. The number of aliphatic hydroxyl groups is 1. The third kappa shape index (κ3) is 3.64. The van der Waals surface area contributed by atoms with Crippen LogP contribution in [0.3, 0.4) is 0 Å². The van der Waals surface area contributed by atoms with E-state index >= 15 is 0 Å². The molecule has 2 fully saturated rings. The minimum Gasteiger partial charge on any atom is -0.396 e. The Balaban J connectivity index is 1.83. The normalized spacial score (nSPS) is 36.9. The van der Waals surface area contributed by atoms with Crippen molar-refractivity contribution in [1.82, 2.24) is 5.32 Å². The van der Waals surface area contributed by atoms with Gasteiger partial charge in [-0.25, -0.2) is 0 Å². The molecule has 1 aliphatic heterocycles. The van der Waals surface area contributed by atoms with Gasteiger partial charge in [-0.15, -0.1) is 0 Å². The Morgan fingerprint density at radius 2 is 1.94 bits per heavy atom. The predicted molar refractivity (Wildman–Crippen MR) is 70.9 cm³/mol. The molecule has 1 aliphatic carbocycles. The molecule has 16 heavy (non-hydrogen) atoms. The van der Waals surface area contributed by atoms with Crippen LogP contribution in [-0.4, -0.2) is 35.3 Å². The van der Waals surface area contributed by atoms with Gasteiger partial charge in [0.1, 0.15) is 0 Å². The molecular weight excluding hydrogens is 218 g/mol. The lowest BCUT2D eigenvalue weighted by Gasteiger charge is -2.31. The lowest BCUT2D eigenvalue weighted by molar-refractivity contribution is 0.175. The average molecular weight is 243 g/mol. The fraction of sp³-hybridized carbons (Fsp3) is 1.00. The fourth-order valence-corrected chi connectivity index (χ4v) is 4.08. The molecule has 0 radical (unpaired) electrons. The Morgan fingerprint density at radius 1 is 1.06 bits per heavy atom. The molecule has 0 aromatic heterocycles. The molecule has 2 aliphatic rings. The molecule has 2 rings (SSSR count). The van der Waals surface area contributed by atoms with Crippen molar-refractivity contribution in [3.8, 4) is 0 Å². The minimum atomic E-state index is 0.373. The smallest absolute Gasteiger partial charge is 0.0474 e. The van der Waals surface area contributed by atoms with E-state index in [2.05, 4.69) is 17.1 Å². The SMILES string of the molecule is OC[C@@H]1CCCCC[C@@H]1N[C@H]1CCCSC1. The van der Waals surface area contributed by atoms with Gasteiger partial charge in [-0.05, 0) is 37.4 Å². The van der Waals surface area contributed by atoms with Crippen LogP contribution in [0.2, 0.25) is 0 Å². The Morgan fingerprint density at radius 3 is 2.69 bits per heavy atom. The summed E-state index contributed by atoms with van der Waals surface area (Å²) in [5, 5.41) is 13.3. The highest BCUT2D eigenvalue weighted by molar-refractivity contribution is 7.99. The zero-order valence-electron chi connectivity index (χ0n) is 10.2. The maximum absolute atomic E-state index is 9.47. The van der Waals surface area contributed by atoms with Crippen LogP contribution in [0, 0.1) is 5.92 Å². The third-order valence-electron chi connectivity index (χ3n) is 4.00. The first-order valence-electron chi connectivity index (χ1n) is 6.85. The van der Waals surface area contributed by atoms with Gasteiger partial charge in [0.05, 0.1) is 0 Å². The summed E-state index contributed by atoms with van der Waals surface area (Å²) >= 11 is 2.08. The molecule has 0 aromatic carbocycles. The molecule has 1 saturated carbocycles. The second-order valence-electron chi connectivity index (χ2n) is 5.27. The van der Waals surface area contributed by atoms with E-state index in [1.54, 1.807) is 0 Å². The van der Waals surface area contributed by atoms with Gasteiger partial charge in [-0.3, -0.25) is 0 Å². The van der Waals surface area contributed by atoms with Crippen molar-refractivity contribution in [2.45, 2.75) is 57.0 Å². The van der Waals surface area contributed by atoms with Gasteiger partial charge in [0.2, 0.25) is 0 Å². The Hall–Kier alpha value is 0.270. The number of hydrogen-bond acceptors (Lipinski definition) is 3. The van der Waals surface area contributed by atoms with Gasteiger partial charge in [0.25, 0.3) is 0 Å². The first kappa shape index (κ1) is 12.7. The van der Waals surface area contributed by atoms with E-state index in [-0.39, 0.29) is 0 Å². The van der Waals surface area contributed by atoms with Gasteiger partial charge in [0.15, 0.2) is 0 Å². The molecule has 3 atom stereocenters. The van der Waals surface area contributed by atoms with Gasteiger partial charge in [0, 0.05) is 24.4 Å². The molecular formula is C13H25NOS. The van der Waals surface area contributed by atoms with Crippen molar-refractivity contribution >= 4 is 11.8 Å². The fourth-order valence-electron chi connectivity index (χ4n) is 3.00. The maximum atomic E-state index is 9.47. The van der Waals surface area contributed by atoms with E-state index in [9.17, 15) is 5.11 Å². The molecule has 1 saturated heterocycles. The second-order valence-corrected chi connectivity index (χ2v) is 6.42. The second kappa shape index (κ2) is 6.87. The van der Waals surface area contributed by atoms with E-state index in [1.807, 2.05) is 0 Å². The van der Waals surface area contributed by atoms with Gasteiger partial charge >= 0.3 is 0 Å². The lowest BCUT2D eigenvalue weighted by atomic mass is 9.94. The van der Waals surface area contributed by atoms with Crippen molar-refractivity contribution in [2.75, 3.05) is 18.1 Å². The van der Waals surface area contributed by atoms with Crippen LogP contribution < -0.4 is 5.32 Å². The van der Waals surface area contributed by atoms with Crippen LogP contribution in [-0.2, 0) is 0 Å². The summed E-state index contributed by atoms with van der Waals surface area (Å²) in [6.45, 7) is 0.373. The molecule has 0 aromatic rings. The minimum absolute atomic E-state index is 0.373. The molecule has 0 bridgehead atoms. The van der Waals surface area contributed by atoms with Gasteiger partial charge < -0.3 is 10.4 Å². The summed E-state index contributed by atoms with van der Waals surface area (Å²) in [4.78, 5) is 0. The number of hydrogen-bond donors (Lipinski definition) is 2. The van der Waals surface area contributed by atoms with Crippen molar-refractivity contribution in [2.24, 2.45) is 5.92 Å². The topological polar surface area (TPSA) is 32.3 Å². The lowest BCUT2D eigenvalue weighted by Crippen LogP contribution is -2.45. The number of rotatable bonds is 3. The number of nitrogens with one attached hydrogen (secondary N) is 1. The van der Waals surface area contributed by atoms with E-state index in [0.29, 0.717) is 24.6 Å². The van der Waals surface area contributed by atoms with Crippen LogP contribution in [0.15, 0.2) is 0 Å². The quantitative estimate of drug-likeness (QED) is 0.747. The molecule has 2 nitrogen and oxygen atoms in total. The van der Waals surface area contributed by atoms with E-state index in [0.717, 1.165) is 0 Å². The molecule has 94 valence electrons. The molecule has 0 spiro atoms. The van der Waals surface area contributed by atoms with E-state index < -0.39 is 0 Å². The molecule has 3 heteroatoms. The molecule has 0 unspecified atom stereocenters. The zero-order valence-corrected chi connectivity index (χ0v) is 11.0. The van der Waals surface area contributed by atoms with Gasteiger partial charge in [-0.1, -0.05) is 19.3 Å². The Kier molecular flexibility index (Phi) is 5.46. The van der Waals surface area contributed by atoms with Crippen LogP contribution in [0.5, 0.6) is 0 Å². The predicted octanol–water partition coefficient (Wildman–Crippen LogP) is 2.41. The summed E-state index contributed by atoms with van der Waals surface area (Å²) in [7, 11) is 0. The summed E-state index contributed by atoms with van der Waals surface area (Å²) in [6, 6.07) is 1.28.